The Kier molecular flexibility index (Phi) is 5.79. The highest BCUT2D eigenvalue weighted by molar-refractivity contribution is 9.10. The van der Waals surface area contributed by atoms with Crippen LogP contribution in [0, 0.1) is 17.5 Å². The van der Waals surface area contributed by atoms with Gasteiger partial charge in [-0.1, -0.05) is 28.1 Å². The van der Waals surface area contributed by atoms with E-state index in [4.69, 9.17) is 0 Å². The maximum Gasteiger partial charge on any atom is 0.238 e. The summed E-state index contributed by atoms with van der Waals surface area (Å²) in [6.45, 7) is 0.495. The van der Waals surface area contributed by atoms with Gasteiger partial charge in [0.1, 0.15) is 0 Å². The number of rotatable bonds is 5. The Morgan fingerprint density at radius 1 is 1.09 bits per heavy atom. The topological polar surface area (TPSA) is 32.3 Å². The molecule has 1 N–H and O–H groups in total. The standard InChI is InChI=1S/C16H14BrF3N2O/c1-22(8-10-2-4-11(17)5-3-10)9-14(23)21-13-7-6-12(18)15(19)16(13)20/h2-7H,8-9H2,1H3,(H,21,23). The van der Waals surface area contributed by atoms with E-state index in [9.17, 15) is 18.0 Å². The molecule has 0 saturated heterocycles. The Hall–Kier alpha value is -1.86. The fraction of sp³-hybridized carbons (Fsp3) is 0.188. The van der Waals surface area contributed by atoms with Crippen LogP contribution in [-0.2, 0) is 11.3 Å². The molecule has 2 aromatic carbocycles. The number of nitrogens with one attached hydrogen (secondary N) is 1. The molecule has 0 atom stereocenters. The van der Waals surface area contributed by atoms with Crippen molar-refractivity contribution in [1.82, 2.24) is 4.90 Å². The first-order valence-electron chi connectivity index (χ1n) is 6.73. The highest BCUT2D eigenvalue weighted by Gasteiger charge is 2.16. The molecule has 0 radical (unpaired) electrons. The molecule has 0 saturated carbocycles. The van der Waals surface area contributed by atoms with Gasteiger partial charge in [0, 0.05) is 11.0 Å². The molecule has 7 heteroatoms. The van der Waals surface area contributed by atoms with Crippen LogP contribution in [0.3, 0.4) is 0 Å². The molecule has 1 amide bonds. The summed E-state index contributed by atoms with van der Waals surface area (Å²) in [6.07, 6.45) is 0. The first-order valence-corrected chi connectivity index (χ1v) is 7.52. The summed E-state index contributed by atoms with van der Waals surface area (Å²) in [5.74, 6) is -4.83. The Balaban J connectivity index is 1.94. The Morgan fingerprint density at radius 3 is 2.39 bits per heavy atom. The zero-order valence-corrected chi connectivity index (χ0v) is 13.8. The number of halogens is 4. The van der Waals surface area contributed by atoms with Gasteiger partial charge in [-0.25, -0.2) is 13.2 Å². The van der Waals surface area contributed by atoms with E-state index in [0.717, 1.165) is 22.2 Å². The molecular formula is C16H14BrF3N2O. The summed E-state index contributed by atoms with van der Waals surface area (Å²) < 4.78 is 40.4. The van der Waals surface area contributed by atoms with Gasteiger partial charge in [-0.2, -0.15) is 0 Å². The van der Waals surface area contributed by atoms with Gasteiger partial charge in [0.25, 0.3) is 0 Å². The minimum Gasteiger partial charge on any atom is -0.322 e. The number of amides is 1. The van der Waals surface area contributed by atoms with Crippen molar-refractivity contribution in [3.63, 3.8) is 0 Å². The van der Waals surface area contributed by atoms with Crippen molar-refractivity contribution in [2.45, 2.75) is 6.54 Å². The molecule has 122 valence electrons. The lowest BCUT2D eigenvalue weighted by Crippen LogP contribution is -2.30. The van der Waals surface area contributed by atoms with Gasteiger partial charge in [0.05, 0.1) is 12.2 Å². The third-order valence-electron chi connectivity index (χ3n) is 3.09. The van der Waals surface area contributed by atoms with Gasteiger partial charge in [0.2, 0.25) is 5.91 Å². The summed E-state index contributed by atoms with van der Waals surface area (Å²) in [7, 11) is 1.73. The Labute approximate surface area is 140 Å². The predicted octanol–water partition coefficient (Wildman–Crippen LogP) is 3.94. The minimum atomic E-state index is -1.61. The van der Waals surface area contributed by atoms with Crippen molar-refractivity contribution < 1.29 is 18.0 Å². The molecule has 0 fully saturated rings. The van der Waals surface area contributed by atoms with E-state index in [2.05, 4.69) is 21.2 Å². The van der Waals surface area contributed by atoms with Crippen LogP contribution in [0.1, 0.15) is 5.56 Å². The van der Waals surface area contributed by atoms with E-state index in [1.807, 2.05) is 24.3 Å². The molecule has 0 bridgehead atoms. The van der Waals surface area contributed by atoms with Crippen LogP contribution in [-0.4, -0.2) is 24.4 Å². The number of hydrogen-bond donors (Lipinski definition) is 1. The van der Waals surface area contributed by atoms with Crippen LogP contribution in [0.15, 0.2) is 40.9 Å². The number of carbonyl (C=O) groups is 1. The fourth-order valence-corrected chi connectivity index (χ4v) is 2.28. The minimum absolute atomic E-state index is 0.0193. The largest absolute Gasteiger partial charge is 0.322 e. The van der Waals surface area contributed by atoms with Gasteiger partial charge >= 0.3 is 0 Å². The van der Waals surface area contributed by atoms with Gasteiger partial charge in [0.15, 0.2) is 17.5 Å². The van der Waals surface area contributed by atoms with E-state index in [0.29, 0.717) is 6.54 Å². The lowest BCUT2D eigenvalue weighted by molar-refractivity contribution is -0.117. The van der Waals surface area contributed by atoms with Gasteiger partial charge in [-0.05, 0) is 36.9 Å². The van der Waals surface area contributed by atoms with Crippen molar-refractivity contribution in [3.8, 4) is 0 Å². The molecule has 0 heterocycles. The van der Waals surface area contributed by atoms with Crippen molar-refractivity contribution in [1.29, 1.82) is 0 Å². The highest BCUT2D eigenvalue weighted by atomic mass is 79.9. The van der Waals surface area contributed by atoms with Crippen LogP contribution in [0.25, 0.3) is 0 Å². The van der Waals surface area contributed by atoms with Gasteiger partial charge in [-0.3, -0.25) is 9.69 Å². The monoisotopic (exact) mass is 386 g/mol. The molecule has 0 unspecified atom stereocenters. The lowest BCUT2D eigenvalue weighted by Gasteiger charge is -2.16. The maximum atomic E-state index is 13.5. The summed E-state index contributed by atoms with van der Waals surface area (Å²) in [5.41, 5.74) is 0.619. The van der Waals surface area contributed by atoms with Crippen molar-refractivity contribution in [2.75, 3.05) is 18.9 Å². The van der Waals surface area contributed by atoms with Crippen molar-refractivity contribution >= 4 is 27.5 Å². The summed E-state index contributed by atoms with van der Waals surface area (Å²) in [6, 6.07) is 9.35. The summed E-state index contributed by atoms with van der Waals surface area (Å²) in [4.78, 5) is 13.6. The second-order valence-corrected chi connectivity index (χ2v) is 5.99. The molecule has 3 nitrogen and oxygen atoms in total. The summed E-state index contributed by atoms with van der Waals surface area (Å²) in [5, 5.41) is 2.23. The third-order valence-corrected chi connectivity index (χ3v) is 3.62. The number of hydrogen-bond acceptors (Lipinski definition) is 2. The average Bonchev–Trinajstić information content (AvgIpc) is 2.50. The van der Waals surface area contributed by atoms with Crippen LogP contribution in [0.4, 0.5) is 18.9 Å². The first-order chi connectivity index (χ1) is 10.9. The molecular weight excluding hydrogens is 373 g/mol. The normalized spacial score (nSPS) is 10.9. The van der Waals surface area contributed by atoms with E-state index in [1.165, 1.54) is 0 Å². The average molecular weight is 387 g/mol. The number of likely N-dealkylation sites (N-methyl/N-ethyl adjacent to an activating group) is 1. The number of anilines is 1. The number of nitrogens with zero attached hydrogens (tertiary/aromatic N) is 1. The van der Waals surface area contributed by atoms with Crippen LogP contribution < -0.4 is 5.32 Å². The molecule has 23 heavy (non-hydrogen) atoms. The molecule has 0 aromatic heterocycles. The van der Waals surface area contributed by atoms with E-state index >= 15 is 0 Å². The number of carbonyl (C=O) groups excluding carboxylic acids is 1. The molecule has 2 aromatic rings. The Morgan fingerprint density at radius 2 is 1.74 bits per heavy atom. The molecule has 0 aliphatic carbocycles. The van der Waals surface area contributed by atoms with E-state index in [-0.39, 0.29) is 12.2 Å². The maximum absolute atomic E-state index is 13.5. The lowest BCUT2D eigenvalue weighted by atomic mass is 10.2. The number of benzene rings is 2. The SMILES string of the molecule is CN(CC(=O)Nc1ccc(F)c(F)c1F)Cc1ccc(Br)cc1. The third kappa shape index (κ3) is 4.80. The quantitative estimate of drug-likeness (QED) is 0.789. The zero-order valence-electron chi connectivity index (χ0n) is 12.2. The summed E-state index contributed by atoms with van der Waals surface area (Å²) >= 11 is 3.34. The second-order valence-electron chi connectivity index (χ2n) is 5.07. The van der Waals surface area contributed by atoms with Crippen molar-refractivity contribution in [3.05, 3.63) is 63.9 Å². The van der Waals surface area contributed by atoms with E-state index < -0.39 is 23.4 Å². The predicted molar refractivity (Wildman–Crippen MR) is 85.4 cm³/mol. The van der Waals surface area contributed by atoms with Crippen LogP contribution in [0.2, 0.25) is 0 Å². The first kappa shape index (κ1) is 17.5. The van der Waals surface area contributed by atoms with Crippen molar-refractivity contribution in [2.24, 2.45) is 0 Å². The second kappa shape index (κ2) is 7.61. The Bertz CT molecular complexity index is 707. The molecule has 0 spiro atoms. The molecule has 0 aliphatic heterocycles. The smallest absolute Gasteiger partial charge is 0.238 e. The van der Waals surface area contributed by atoms with Gasteiger partial charge < -0.3 is 5.32 Å². The fourth-order valence-electron chi connectivity index (χ4n) is 2.01. The molecule has 2 rings (SSSR count). The zero-order chi connectivity index (χ0) is 17.0. The van der Waals surface area contributed by atoms with Crippen LogP contribution >= 0.6 is 15.9 Å². The van der Waals surface area contributed by atoms with E-state index in [1.54, 1.807) is 11.9 Å². The van der Waals surface area contributed by atoms with Crippen LogP contribution in [0.5, 0.6) is 0 Å². The molecule has 0 aliphatic rings. The van der Waals surface area contributed by atoms with Gasteiger partial charge in [-0.15, -0.1) is 0 Å². The highest BCUT2D eigenvalue weighted by Crippen LogP contribution is 2.19.